The van der Waals surface area contributed by atoms with Gasteiger partial charge in [-0.05, 0) is 69.4 Å². The maximum atomic E-state index is 16.4. The van der Waals surface area contributed by atoms with Crippen LogP contribution in [0.15, 0.2) is 49.1 Å². The zero-order chi connectivity index (χ0) is 35.0. The fourth-order valence-electron chi connectivity index (χ4n) is 8.08. The van der Waals surface area contributed by atoms with Crippen molar-refractivity contribution in [3.63, 3.8) is 0 Å². The third-order valence-electron chi connectivity index (χ3n) is 10.8. The van der Waals surface area contributed by atoms with Crippen LogP contribution in [0.1, 0.15) is 67.7 Å². The molecule has 8 rings (SSSR count). The second kappa shape index (κ2) is 12.2. The van der Waals surface area contributed by atoms with Crippen LogP contribution in [0.2, 0.25) is 0 Å². The Hall–Kier alpha value is -4.90. The number of methoxy groups -OCH3 is 1. The number of carbonyl (C=O) groups is 1. The van der Waals surface area contributed by atoms with Gasteiger partial charge in [-0.2, -0.15) is 10.2 Å². The Morgan fingerprint density at radius 3 is 2.54 bits per heavy atom. The van der Waals surface area contributed by atoms with E-state index in [1.165, 1.54) is 12.1 Å². The summed E-state index contributed by atoms with van der Waals surface area (Å²) in [6.07, 6.45) is 4.73. The van der Waals surface area contributed by atoms with E-state index in [2.05, 4.69) is 29.9 Å². The number of aryl methyl sites for hydroxylation is 2. The van der Waals surface area contributed by atoms with Crippen molar-refractivity contribution in [2.45, 2.75) is 77.2 Å². The van der Waals surface area contributed by atoms with Crippen LogP contribution in [0.4, 0.5) is 8.78 Å². The molecule has 50 heavy (non-hydrogen) atoms. The lowest BCUT2D eigenvalue weighted by atomic mass is 9.89. The lowest BCUT2D eigenvalue weighted by Crippen LogP contribution is -2.42. The first-order valence-corrected chi connectivity index (χ1v) is 17.3. The Morgan fingerprint density at radius 1 is 1.00 bits per heavy atom. The van der Waals surface area contributed by atoms with Gasteiger partial charge in [-0.25, -0.2) is 13.8 Å². The molecule has 4 heterocycles. The minimum atomic E-state index is -0.715. The molecule has 0 saturated heterocycles. The number of hydrogen-bond donors (Lipinski definition) is 0. The van der Waals surface area contributed by atoms with Crippen LogP contribution in [0.5, 0.6) is 5.75 Å². The molecule has 0 radical (unpaired) electrons. The van der Waals surface area contributed by atoms with E-state index in [0.717, 1.165) is 63.6 Å². The van der Waals surface area contributed by atoms with Gasteiger partial charge in [0.15, 0.2) is 0 Å². The van der Waals surface area contributed by atoms with Crippen molar-refractivity contribution in [3.8, 4) is 39.5 Å². The van der Waals surface area contributed by atoms with Gasteiger partial charge in [0.25, 0.3) is 0 Å². The Morgan fingerprint density at radius 2 is 1.78 bits per heavy atom. The molecule has 2 atom stereocenters. The molecule has 11 heteroatoms. The van der Waals surface area contributed by atoms with Crippen molar-refractivity contribution in [2.75, 3.05) is 13.7 Å². The zero-order valence-corrected chi connectivity index (χ0v) is 29.0. The predicted octanol–water partition coefficient (Wildman–Crippen LogP) is 7.45. The summed E-state index contributed by atoms with van der Waals surface area (Å²) in [7, 11) is 3.59. The van der Waals surface area contributed by atoms with Gasteiger partial charge < -0.3 is 14.4 Å². The highest BCUT2D eigenvalue weighted by Crippen LogP contribution is 2.48. The second-order valence-electron chi connectivity index (χ2n) is 13.9. The number of ether oxygens (including phenoxy) is 2. The molecule has 9 nitrogen and oxygen atoms in total. The summed E-state index contributed by atoms with van der Waals surface area (Å²) in [5, 5.41) is 10.8. The van der Waals surface area contributed by atoms with Gasteiger partial charge >= 0.3 is 0 Å². The maximum Gasteiger partial charge on any atom is 0.246 e. The number of hydrogen-bond acceptors (Lipinski definition) is 6. The van der Waals surface area contributed by atoms with Crippen molar-refractivity contribution < 1.29 is 23.0 Å². The van der Waals surface area contributed by atoms with E-state index in [1.807, 2.05) is 43.2 Å². The Labute approximate surface area is 289 Å². The molecule has 0 unspecified atom stereocenters. The van der Waals surface area contributed by atoms with Crippen molar-refractivity contribution in [1.29, 1.82) is 0 Å². The molecule has 2 aliphatic carbocycles. The van der Waals surface area contributed by atoms with Crippen molar-refractivity contribution in [2.24, 2.45) is 7.05 Å². The lowest BCUT2D eigenvalue weighted by molar-refractivity contribution is -0.129. The lowest BCUT2D eigenvalue weighted by Gasteiger charge is -2.36. The average molecular weight is 679 g/mol. The fraction of sp³-hybridized carbons (Fsp3) is 0.385. The third kappa shape index (κ3) is 5.12. The third-order valence-corrected chi connectivity index (χ3v) is 10.8. The zero-order valence-electron chi connectivity index (χ0n) is 29.0. The number of amides is 1. The SMILES string of the molecule is C=CC(=O)N1C[C@H](C)n2nc(-c3nc(-c4ccc5c(C)nn(C)c5c4)c4c(c3-c3c(F)cc(F)cc3OC3CC(OC)C3)CCC4)cc2[C@H]1C. The van der Waals surface area contributed by atoms with Gasteiger partial charge in [0, 0.05) is 62.2 Å². The van der Waals surface area contributed by atoms with E-state index in [0.29, 0.717) is 42.8 Å². The minimum absolute atomic E-state index is 0.0524. The van der Waals surface area contributed by atoms with Crippen LogP contribution < -0.4 is 4.74 Å². The first-order valence-electron chi connectivity index (χ1n) is 17.3. The monoisotopic (exact) mass is 678 g/mol. The molecule has 2 aromatic carbocycles. The summed E-state index contributed by atoms with van der Waals surface area (Å²) in [4.78, 5) is 20.0. The van der Waals surface area contributed by atoms with Crippen LogP contribution in [0.3, 0.4) is 0 Å². The van der Waals surface area contributed by atoms with Gasteiger partial charge in [0.1, 0.15) is 29.2 Å². The average Bonchev–Trinajstić information content (AvgIpc) is 3.81. The van der Waals surface area contributed by atoms with Crippen LogP contribution >= 0.6 is 0 Å². The number of fused-ring (bicyclic) bond motifs is 3. The predicted molar refractivity (Wildman–Crippen MR) is 187 cm³/mol. The molecule has 5 aromatic rings. The van der Waals surface area contributed by atoms with Crippen LogP contribution in [0, 0.1) is 18.6 Å². The number of nitrogens with zero attached hydrogens (tertiary/aromatic N) is 6. The van der Waals surface area contributed by atoms with Gasteiger partial charge in [-0.3, -0.25) is 14.2 Å². The topological polar surface area (TPSA) is 87.3 Å². The highest BCUT2D eigenvalue weighted by molar-refractivity contribution is 5.92. The summed E-state index contributed by atoms with van der Waals surface area (Å²) in [5.74, 6) is -1.43. The highest BCUT2D eigenvalue weighted by Gasteiger charge is 2.37. The largest absolute Gasteiger partial charge is 0.489 e. The highest BCUT2D eigenvalue weighted by atomic mass is 19.1. The van der Waals surface area contributed by atoms with Gasteiger partial charge in [0.05, 0.1) is 52.0 Å². The number of rotatable bonds is 7. The first kappa shape index (κ1) is 32.3. The molecule has 1 saturated carbocycles. The molecule has 0 spiro atoms. The summed E-state index contributed by atoms with van der Waals surface area (Å²) in [6, 6.07) is 9.99. The van der Waals surface area contributed by atoms with E-state index in [-0.39, 0.29) is 41.5 Å². The summed E-state index contributed by atoms with van der Waals surface area (Å²) >= 11 is 0. The van der Waals surface area contributed by atoms with Crippen molar-refractivity contribution in [3.05, 3.63) is 83.2 Å². The maximum absolute atomic E-state index is 16.4. The summed E-state index contributed by atoms with van der Waals surface area (Å²) in [6.45, 7) is 10.1. The van der Waals surface area contributed by atoms with E-state index in [4.69, 9.17) is 19.6 Å². The molecule has 0 bridgehead atoms. The minimum Gasteiger partial charge on any atom is -0.489 e. The first-order chi connectivity index (χ1) is 24.1. The van der Waals surface area contributed by atoms with Crippen LogP contribution in [-0.2, 0) is 29.4 Å². The van der Waals surface area contributed by atoms with E-state index >= 15 is 4.39 Å². The van der Waals surface area contributed by atoms with Crippen molar-refractivity contribution in [1.82, 2.24) is 29.4 Å². The quantitative estimate of drug-likeness (QED) is 0.166. The number of pyridine rings is 1. The molecule has 0 N–H and O–H groups in total. The number of halogens is 2. The van der Waals surface area contributed by atoms with Gasteiger partial charge in [-0.15, -0.1) is 0 Å². The molecule has 1 fully saturated rings. The number of carbonyl (C=O) groups excluding carboxylic acids is 1. The van der Waals surface area contributed by atoms with Gasteiger partial charge in [0.2, 0.25) is 5.91 Å². The van der Waals surface area contributed by atoms with Crippen LogP contribution in [0.25, 0.3) is 44.7 Å². The van der Waals surface area contributed by atoms with E-state index in [1.54, 1.807) is 12.0 Å². The standard InChI is InChI=1S/C39H40F2N6O3/c1-7-35(48)46-19-20(2)47-32(22(46)4)18-31(44-47)39-36(37-30(41)14-24(40)15-34(37)50-26-16-25(17-26)49-6)28-9-8-10-29(28)38(42-39)23-11-12-27-21(3)43-45(5)33(27)13-23/h7,11-15,18,20,22,25-26H,1,8-10,16-17,19H2,2-6H3/t20-,22+,25?,26?/m0/s1. The molecule has 1 amide bonds. The summed E-state index contributed by atoms with van der Waals surface area (Å²) in [5.41, 5.74) is 8.30. The fourth-order valence-corrected chi connectivity index (χ4v) is 8.08. The van der Waals surface area contributed by atoms with Crippen molar-refractivity contribution >= 4 is 16.8 Å². The van der Waals surface area contributed by atoms with E-state index < -0.39 is 11.6 Å². The molecule has 3 aliphatic rings. The molecule has 3 aromatic heterocycles. The van der Waals surface area contributed by atoms with Crippen LogP contribution in [-0.4, -0.2) is 61.2 Å². The smallest absolute Gasteiger partial charge is 0.246 e. The number of aromatic nitrogens is 5. The Kier molecular flexibility index (Phi) is 7.85. The molecular formula is C39H40F2N6O3. The molecule has 258 valence electrons. The summed E-state index contributed by atoms with van der Waals surface area (Å²) < 4.78 is 46.9. The number of benzene rings is 2. The van der Waals surface area contributed by atoms with Gasteiger partial charge in [-0.1, -0.05) is 18.7 Å². The Balaban J connectivity index is 1.37. The molecule has 1 aliphatic heterocycles. The van der Waals surface area contributed by atoms with E-state index in [9.17, 15) is 9.18 Å². The molecular weight excluding hydrogens is 638 g/mol. The normalized spacial score (nSPS) is 21.2. The second-order valence-corrected chi connectivity index (χ2v) is 13.9. The Bertz CT molecular complexity index is 2200.